The van der Waals surface area contributed by atoms with Gasteiger partial charge in [-0.15, -0.1) is 0 Å². The molecule has 0 aliphatic heterocycles. The first-order chi connectivity index (χ1) is 8.67. The van der Waals surface area contributed by atoms with Crippen LogP contribution >= 0.6 is 0 Å². The normalized spacial score (nSPS) is 12.2. The first kappa shape index (κ1) is 12.5. The fourth-order valence-corrected chi connectivity index (χ4v) is 1.95. The van der Waals surface area contributed by atoms with Gasteiger partial charge in [-0.05, 0) is 29.8 Å². The second kappa shape index (κ2) is 5.14. The van der Waals surface area contributed by atoms with E-state index in [4.69, 9.17) is 9.47 Å². The van der Waals surface area contributed by atoms with Crippen LogP contribution in [0.1, 0.15) is 17.4 Å². The first-order valence-corrected chi connectivity index (χ1v) is 5.68. The van der Waals surface area contributed by atoms with E-state index in [-0.39, 0.29) is 0 Å². The number of rotatable bonds is 4. The molecule has 1 aromatic heterocycles. The number of hydrogen-bond acceptors (Lipinski definition) is 3. The average Bonchev–Trinajstić information content (AvgIpc) is 2.83. The standard InChI is InChI=1S/C14H17NO3/c1-15-8-4-5-11(15)14(16)10-6-7-12(17-2)13(9-10)18-3/h4-9,14,16H,1-3H3. The molecular formula is C14H17NO3. The third-order valence-electron chi connectivity index (χ3n) is 2.99. The Morgan fingerprint density at radius 2 is 1.83 bits per heavy atom. The molecule has 0 bridgehead atoms. The van der Waals surface area contributed by atoms with E-state index < -0.39 is 6.10 Å². The number of benzene rings is 1. The molecule has 0 aliphatic rings. The quantitative estimate of drug-likeness (QED) is 0.900. The van der Waals surface area contributed by atoms with E-state index in [0.29, 0.717) is 11.5 Å². The van der Waals surface area contributed by atoms with E-state index in [2.05, 4.69) is 0 Å². The summed E-state index contributed by atoms with van der Waals surface area (Å²) in [5.41, 5.74) is 1.61. The number of ether oxygens (including phenoxy) is 2. The largest absolute Gasteiger partial charge is 0.493 e. The van der Waals surface area contributed by atoms with Gasteiger partial charge in [0.15, 0.2) is 11.5 Å². The fourth-order valence-electron chi connectivity index (χ4n) is 1.95. The summed E-state index contributed by atoms with van der Waals surface area (Å²) in [6.07, 6.45) is 1.23. The van der Waals surface area contributed by atoms with E-state index in [9.17, 15) is 5.11 Å². The number of methoxy groups -OCH3 is 2. The van der Waals surface area contributed by atoms with Crippen LogP contribution in [0.3, 0.4) is 0 Å². The topological polar surface area (TPSA) is 43.6 Å². The SMILES string of the molecule is COc1ccc(C(O)c2cccn2C)cc1OC. The van der Waals surface area contributed by atoms with Gasteiger partial charge in [-0.3, -0.25) is 0 Å². The predicted molar refractivity (Wildman–Crippen MR) is 69.0 cm³/mol. The fraction of sp³-hybridized carbons (Fsp3) is 0.286. The van der Waals surface area contributed by atoms with Crippen LogP contribution in [0.4, 0.5) is 0 Å². The zero-order valence-electron chi connectivity index (χ0n) is 10.8. The minimum Gasteiger partial charge on any atom is -0.493 e. The molecule has 2 aromatic rings. The van der Waals surface area contributed by atoms with Crippen molar-refractivity contribution in [1.82, 2.24) is 4.57 Å². The van der Waals surface area contributed by atoms with Crippen LogP contribution in [-0.2, 0) is 7.05 Å². The highest BCUT2D eigenvalue weighted by molar-refractivity contribution is 5.44. The molecule has 0 spiro atoms. The first-order valence-electron chi connectivity index (χ1n) is 5.68. The number of aromatic nitrogens is 1. The minimum absolute atomic E-state index is 0.614. The molecule has 1 N–H and O–H groups in total. The highest BCUT2D eigenvalue weighted by Gasteiger charge is 2.15. The maximum Gasteiger partial charge on any atom is 0.161 e. The molecule has 18 heavy (non-hydrogen) atoms. The second-order valence-electron chi connectivity index (χ2n) is 4.06. The van der Waals surface area contributed by atoms with Crippen molar-refractivity contribution in [3.8, 4) is 11.5 Å². The summed E-state index contributed by atoms with van der Waals surface area (Å²) in [4.78, 5) is 0. The average molecular weight is 247 g/mol. The van der Waals surface area contributed by atoms with E-state index in [1.807, 2.05) is 36.0 Å². The molecule has 1 atom stereocenters. The lowest BCUT2D eigenvalue weighted by molar-refractivity contribution is 0.211. The molecule has 0 fully saturated rings. The van der Waals surface area contributed by atoms with Crippen molar-refractivity contribution in [3.63, 3.8) is 0 Å². The van der Waals surface area contributed by atoms with Gasteiger partial charge in [0.1, 0.15) is 6.10 Å². The van der Waals surface area contributed by atoms with Crippen molar-refractivity contribution in [3.05, 3.63) is 47.8 Å². The van der Waals surface area contributed by atoms with Crippen molar-refractivity contribution in [2.45, 2.75) is 6.10 Å². The van der Waals surface area contributed by atoms with Gasteiger partial charge in [0.05, 0.1) is 19.9 Å². The van der Waals surface area contributed by atoms with Crippen LogP contribution < -0.4 is 9.47 Å². The van der Waals surface area contributed by atoms with Crippen molar-refractivity contribution in [1.29, 1.82) is 0 Å². The highest BCUT2D eigenvalue weighted by atomic mass is 16.5. The summed E-state index contributed by atoms with van der Waals surface area (Å²) in [7, 11) is 5.07. The van der Waals surface area contributed by atoms with Crippen LogP contribution in [0, 0.1) is 0 Å². The smallest absolute Gasteiger partial charge is 0.161 e. The Hall–Kier alpha value is -1.94. The van der Waals surface area contributed by atoms with Crippen molar-refractivity contribution in [2.24, 2.45) is 7.05 Å². The van der Waals surface area contributed by atoms with Gasteiger partial charge in [-0.2, -0.15) is 0 Å². The minimum atomic E-state index is -0.676. The Morgan fingerprint density at radius 1 is 1.11 bits per heavy atom. The third-order valence-corrected chi connectivity index (χ3v) is 2.99. The maximum absolute atomic E-state index is 10.3. The molecule has 4 nitrogen and oxygen atoms in total. The van der Waals surface area contributed by atoms with Crippen LogP contribution in [0.2, 0.25) is 0 Å². The number of aliphatic hydroxyl groups excluding tert-OH is 1. The molecule has 4 heteroatoms. The summed E-state index contributed by atoms with van der Waals surface area (Å²) in [5.74, 6) is 1.27. The number of aryl methyl sites for hydroxylation is 1. The molecule has 0 radical (unpaired) electrons. The molecule has 1 heterocycles. The Labute approximate surface area is 106 Å². The van der Waals surface area contributed by atoms with Gasteiger partial charge < -0.3 is 19.1 Å². The zero-order valence-corrected chi connectivity index (χ0v) is 10.8. The van der Waals surface area contributed by atoms with E-state index in [0.717, 1.165) is 11.3 Å². The maximum atomic E-state index is 10.3. The summed E-state index contributed by atoms with van der Waals surface area (Å²) < 4.78 is 12.3. The van der Waals surface area contributed by atoms with Crippen LogP contribution in [-0.4, -0.2) is 23.9 Å². The Bertz CT molecular complexity index is 534. The number of aliphatic hydroxyl groups is 1. The molecule has 2 rings (SSSR count). The lowest BCUT2D eigenvalue weighted by Crippen LogP contribution is -2.05. The molecule has 96 valence electrons. The van der Waals surface area contributed by atoms with Crippen molar-refractivity contribution in [2.75, 3.05) is 14.2 Å². The third kappa shape index (κ3) is 2.19. The second-order valence-corrected chi connectivity index (χ2v) is 4.06. The van der Waals surface area contributed by atoms with E-state index >= 15 is 0 Å². The van der Waals surface area contributed by atoms with Gasteiger partial charge in [0.25, 0.3) is 0 Å². The predicted octanol–water partition coefficient (Wildman–Crippen LogP) is 2.12. The Kier molecular flexibility index (Phi) is 3.58. The number of nitrogens with zero attached hydrogens (tertiary/aromatic N) is 1. The van der Waals surface area contributed by atoms with E-state index in [1.54, 1.807) is 26.4 Å². The summed E-state index contributed by atoms with van der Waals surface area (Å²) in [5, 5.41) is 10.3. The molecule has 0 saturated carbocycles. The molecular weight excluding hydrogens is 230 g/mol. The van der Waals surface area contributed by atoms with Gasteiger partial charge in [-0.1, -0.05) is 6.07 Å². The van der Waals surface area contributed by atoms with Crippen LogP contribution in [0.15, 0.2) is 36.5 Å². The zero-order chi connectivity index (χ0) is 13.1. The lowest BCUT2D eigenvalue weighted by atomic mass is 10.1. The molecule has 1 aromatic carbocycles. The molecule has 0 saturated heterocycles. The van der Waals surface area contributed by atoms with Crippen LogP contribution in [0.25, 0.3) is 0 Å². The Balaban J connectivity index is 2.37. The monoisotopic (exact) mass is 247 g/mol. The molecule has 0 amide bonds. The van der Waals surface area contributed by atoms with Crippen LogP contribution in [0.5, 0.6) is 11.5 Å². The van der Waals surface area contributed by atoms with Gasteiger partial charge in [0, 0.05) is 13.2 Å². The van der Waals surface area contributed by atoms with Gasteiger partial charge in [-0.25, -0.2) is 0 Å². The summed E-state index contributed by atoms with van der Waals surface area (Å²) >= 11 is 0. The summed E-state index contributed by atoms with van der Waals surface area (Å²) in [6.45, 7) is 0. The summed E-state index contributed by atoms with van der Waals surface area (Å²) in [6, 6.07) is 9.20. The highest BCUT2D eigenvalue weighted by Crippen LogP contribution is 2.32. The van der Waals surface area contributed by atoms with E-state index in [1.165, 1.54) is 0 Å². The molecule has 1 unspecified atom stereocenters. The number of hydrogen-bond donors (Lipinski definition) is 1. The van der Waals surface area contributed by atoms with Gasteiger partial charge >= 0.3 is 0 Å². The lowest BCUT2D eigenvalue weighted by Gasteiger charge is -2.15. The van der Waals surface area contributed by atoms with Crippen molar-refractivity contribution < 1.29 is 14.6 Å². The van der Waals surface area contributed by atoms with Crippen molar-refractivity contribution >= 4 is 0 Å². The van der Waals surface area contributed by atoms with Gasteiger partial charge in [0.2, 0.25) is 0 Å². The Morgan fingerprint density at radius 3 is 2.39 bits per heavy atom. The molecule has 0 aliphatic carbocycles.